The molecule has 1 heterocycles. The number of carboxylic acids is 1. The average Bonchev–Trinajstić information content (AvgIpc) is 2.59. The molecule has 1 aliphatic heterocycles. The highest BCUT2D eigenvalue weighted by atomic mass is 16.5. The second kappa shape index (κ2) is 6.51. The van der Waals surface area contributed by atoms with Gasteiger partial charge in [0.05, 0.1) is 5.41 Å². The van der Waals surface area contributed by atoms with Gasteiger partial charge in [-0.05, 0) is 42.7 Å². The van der Waals surface area contributed by atoms with Gasteiger partial charge < -0.3 is 14.7 Å². The van der Waals surface area contributed by atoms with Crippen molar-refractivity contribution in [3.63, 3.8) is 0 Å². The molecule has 0 aliphatic carbocycles. The molecule has 5 heteroatoms. The second-order valence-electron chi connectivity index (χ2n) is 6.58. The highest BCUT2D eigenvalue weighted by Crippen LogP contribution is 2.29. The zero-order valence-corrected chi connectivity index (χ0v) is 13.7. The Labute approximate surface area is 140 Å². The number of hydrogen-bond donors (Lipinski definition) is 1. The van der Waals surface area contributed by atoms with Crippen molar-refractivity contribution in [3.05, 3.63) is 42.5 Å². The van der Waals surface area contributed by atoms with Crippen molar-refractivity contribution in [2.24, 2.45) is 5.41 Å². The van der Waals surface area contributed by atoms with E-state index in [4.69, 9.17) is 4.74 Å². The fraction of sp³-hybridized carbons (Fsp3) is 0.368. The van der Waals surface area contributed by atoms with Crippen LogP contribution in [0.3, 0.4) is 0 Å². The normalized spacial score (nSPS) is 20.8. The second-order valence-corrected chi connectivity index (χ2v) is 6.58. The maximum atomic E-state index is 12.4. The first kappa shape index (κ1) is 16.3. The van der Waals surface area contributed by atoms with Gasteiger partial charge in [-0.1, -0.05) is 30.3 Å². The Bertz CT molecular complexity index is 773. The molecule has 1 N–H and O–H groups in total. The lowest BCUT2D eigenvalue weighted by Gasteiger charge is -2.37. The number of carbonyl (C=O) groups is 2. The number of nitrogens with zero attached hydrogens (tertiary/aromatic N) is 1. The molecule has 1 aliphatic rings. The minimum absolute atomic E-state index is 0.0754. The Morgan fingerprint density at radius 2 is 1.96 bits per heavy atom. The van der Waals surface area contributed by atoms with E-state index in [-0.39, 0.29) is 19.1 Å². The molecule has 126 valence electrons. The first-order chi connectivity index (χ1) is 11.5. The fourth-order valence-corrected chi connectivity index (χ4v) is 3.12. The van der Waals surface area contributed by atoms with Crippen molar-refractivity contribution < 1.29 is 19.4 Å². The first-order valence-corrected chi connectivity index (χ1v) is 8.11. The zero-order valence-electron chi connectivity index (χ0n) is 13.7. The van der Waals surface area contributed by atoms with E-state index in [2.05, 4.69) is 0 Å². The van der Waals surface area contributed by atoms with E-state index in [9.17, 15) is 14.7 Å². The first-order valence-electron chi connectivity index (χ1n) is 8.11. The van der Waals surface area contributed by atoms with Crippen LogP contribution in [0, 0.1) is 5.41 Å². The maximum Gasteiger partial charge on any atom is 0.311 e. The number of hydrogen-bond acceptors (Lipinski definition) is 3. The lowest BCUT2D eigenvalue weighted by atomic mass is 9.82. The molecule has 24 heavy (non-hydrogen) atoms. The van der Waals surface area contributed by atoms with Gasteiger partial charge in [0, 0.05) is 13.1 Å². The summed E-state index contributed by atoms with van der Waals surface area (Å²) < 4.78 is 5.62. The van der Waals surface area contributed by atoms with Crippen LogP contribution in [0.15, 0.2) is 42.5 Å². The van der Waals surface area contributed by atoms with Gasteiger partial charge in [-0.15, -0.1) is 0 Å². The summed E-state index contributed by atoms with van der Waals surface area (Å²) >= 11 is 0. The summed E-state index contributed by atoms with van der Waals surface area (Å²) in [7, 11) is 0. The quantitative estimate of drug-likeness (QED) is 0.937. The third-order valence-electron chi connectivity index (χ3n) is 4.65. The van der Waals surface area contributed by atoms with Crippen LogP contribution in [0.5, 0.6) is 5.75 Å². The summed E-state index contributed by atoms with van der Waals surface area (Å²) in [5.74, 6) is -0.383. The van der Waals surface area contributed by atoms with Crippen LogP contribution < -0.4 is 4.74 Å². The van der Waals surface area contributed by atoms with E-state index >= 15 is 0 Å². The lowest BCUT2D eigenvalue weighted by Crippen LogP contribution is -2.49. The van der Waals surface area contributed by atoms with Crippen molar-refractivity contribution in [1.29, 1.82) is 0 Å². The van der Waals surface area contributed by atoms with Crippen LogP contribution in [0.2, 0.25) is 0 Å². The summed E-state index contributed by atoms with van der Waals surface area (Å²) in [5, 5.41) is 11.5. The van der Waals surface area contributed by atoms with Crippen molar-refractivity contribution >= 4 is 22.6 Å². The monoisotopic (exact) mass is 327 g/mol. The number of piperidine rings is 1. The SMILES string of the molecule is CC1(C(=O)O)CCCN(C(=O)COc2ccc3ccccc3c2)C1. The van der Waals surface area contributed by atoms with Gasteiger partial charge in [0.15, 0.2) is 6.61 Å². The van der Waals surface area contributed by atoms with Crippen molar-refractivity contribution in [3.8, 4) is 5.75 Å². The number of carbonyl (C=O) groups excluding carboxylic acids is 1. The molecule has 2 aromatic rings. The molecule has 1 amide bonds. The Morgan fingerprint density at radius 3 is 2.71 bits per heavy atom. The number of aliphatic carboxylic acids is 1. The summed E-state index contributed by atoms with van der Waals surface area (Å²) in [6, 6.07) is 13.6. The average molecular weight is 327 g/mol. The van der Waals surface area contributed by atoms with E-state index in [1.54, 1.807) is 11.8 Å². The maximum absolute atomic E-state index is 12.4. The summed E-state index contributed by atoms with van der Waals surface area (Å²) in [4.78, 5) is 25.3. The largest absolute Gasteiger partial charge is 0.484 e. The molecule has 0 saturated carbocycles. The third-order valence-corrected chi connectivity index (χ3v) is 4.65. The zero-order chi connectivity index (χ0) is 17.2. The van der Waals surface area contributed by atoms with E-state index in [1.807, 2.05) is 42.5 Å². The summed E-state index contributed by atoms with van der Waals surface area (Å²) in [6.07, 6.45) is 1.29. The van der Waals surface area contributed by atoms with Crippen molar-refractivity contribution in [1.82, 2.24) is 4.90 Å². The molecule has 3 rings (SSSR count). The number of ether oxygens (including phenoxy) is 1. The molecule has 0 bridgehead atoms. The Balaban J connectivity index is 1.63. The van der Waals surface area contributed by atoms with E-state index < -0.39 is 11.4 Å². The molecule has 1 unspecified atom stereocenters. The Kier molecular flexibility index (Phi) is 4.42. The van der Waals surface area contributed by atoms with Gasteiger partial charge in [-0.3, -0.25) is 9.59 Å². The molecular weight excluding hydrogens is 306 g/mol. The van der Waals surface area contributed by atoms with Gasteiger partial charge in [-0.2, -0.15) is 0 Å². The van der Waals surface area contributed by atoms with Gasteiger partial charge >= 0.3 is 5.97 Å². The third kappa shape index (κ3) is 3.35. The number of carboxylic acid groups (broad SMARTS) is 1. The molecule has 1 saturated heterocycles. The lowest BCUT2D eigenvalue weighted by molar-refractivity contribution is -0.153. The molecule has 5 nitrogen and oxygen atoms in total. The van der Waals surface area contributed by atoms with Crippen LogP contribution in [0.1, 0.15) is 19.8 Å². The number of likely N-dealkylation sites (tertiary alicyclic amines) is 1. The number of benzene rings is 2. The molecule has 0 aromatic heterocycles. The van der Waals surface area contributed by atoms with E-state index in [1.165, 1.54) is 0 Å². The molecular formula is C19H21NO4. The van der Waals surface area contributed by atoms with Crippen LogP contribution in [0.25, 0.3) is 10.8 Å². The highest BCUT2D eigenvalue weighted by molar-refractivity contribution is 5.84. The van der Waals surface area contributed by atoms with E-state index in [0.717, 1.165) is 10.8 Å². The number of amides is 1. The molecule has 2 aromatic carbocycles. The standard InChI is InChI=1S/C19H21NO4/c1-19(18(22)23)9-4-10-20(13-19)17(21)12-24-16-8-7-14-5-2-3-6-15(14)11-16/h2-3,5-8,11H,4,9-10,12-13H2,1H3,(H,22,23). The molecule has 0 radical (unpaired) electrons. The van der Waals surface area contributed by atoms with Crippen LogP contribution in [0.4, 0.5) is 0 Å². The fourth-order valence-electron chi connectivity index (χ4n) is 3.12. The van der Waals surface area contributed by atoms with Gasteiger partial charge in [0.1, 0.15) is 5.75 Å². The molecule has 1 atom stereocenters. The summed E-state index contributed by atoms with van der Waals surface area (Å²) in [6.45, 7) is 2.44. The Hall–Kier alpha value is -2.56. The number of fused-ring (bicyclic) bond motifs is 1. The van der Waals surface area contributed by atoms with Gasteiger partial charge in [0.25, 0.3) is 5.91 Å². The minimum Gasteiger partial charge on any atom is -0.484 e. The minimum atomic E-state index is -0.864. The molecule has 1 fully saturated rings. The smallest absolute Gasteiger partial charge is 0.311 e. The number of rotatable bonds is 4. The van der Waals surface area contributed by atoms with Crippen LogP contribution in [-0.2, 0) is 9.59 Å². The van der Waals surface area contributed by atoms with Crippen molar-refractivity contribution in [2.75, 3.05) is 19.7 Å². The van der Waals surface area contributed by atoms with Crippen LogP contribution in [-0.4, -0.2) is 41.6 Å². The van der Waals surface area contributed by atoms with E-state index in [0.29, 0.717) is 25.1 Å². The molecule has 0 spiro atoms. The van der Waals surface area contributed by atoms with Gasteiger partial charge in [-0.25, -0.2) is 0 Å². The predicted molar refractivity (Wildman–Crippen MR) is 91.0 cm³/mol. The summed E-state index contributed by atoms with van der Waals surface area (Å²) in [5.41, 5.74) is -0.864. The Morgan fingerprint density at radius 1 is 1.21 bits per heavy atom. The van der Waals surface area contributed by atoms with Crippen molar-refractivity contribution in [2.45, 2.75) is 19.8 Å². The highest BCUT2D eigenvalue weighted by Gasteiger charge is 2.39. The predicted octanol–water partition coefficient (Wildman–Crippen LogP) is 2.93. The van der Waals surface area contributed by atoms with Crippen LogP contribution >= 0.6 is 0 Å². The van der Waals surface area contributed by atoms with Gasteiger partial charge in [0.2, 0.25) is 0 Å². The topological polar surface area (TPSA) is 66.8 Å².